The predicted octanol–water partition coefficient (Wildman–Crippen LogP) is 2.50. The number of hydrogen-bond acceptors (Lipinski definition) is 4. The van der Waals surface area contributed by atoms with Crippen molar-refractivity contribution < 1.29 is 0 Å². The number of thioether (sulfide) groups is 2. The molecule has 4 heteroatoms. The summed E-state index contributed by atoms with van der Waals surface area (Å²) in [5.74, 6) is 3.81. The van der Waals surface area contributed by atoms with Gasteiger partial charge in [-0.25, -0.2) is 0 Å². The molecular formula is C12H18N2S2. The molecule has 1 aliphatic rings. The van der Waals surface area contributed by atoms with Crippen molar-refractivity contribution in [2.45, 2.75) is 18.2 Å². The number of hydrogen-bond donors (Lipinski definition) is 1. The van der Waals surface area contributed by atoms with Crippen LogP contribution < -0.4 is 5.32 Å². The van der Waals surface area contributed by atoms with Crippen LogP contribution in [-0.4, -0.2) is 34.5 Å². The summed E-state index contributed by atoms with van der Waals surface area (Å²) in [6, 6.07) is 2.68. The van der Waals surface area contributed by atoms with Gasteiger partial charge in [0.05, 0.1) is 0 Å². The normalized spacial score (nSPS) is 23.0. The predicted molar refractivity (Wildman–Crippen MR) is 74.3 cm³/mol. The van der Waals surface area contributed by atoms with Gasteiger partial charge in [-0.05, 0) is 25.1 Å². The van der Waals surface area contributed by atoms with Crippen LogP contribution in [0.3, 0.4) is 0 Å². The van der Waals surface area contributed by atoms with E-state index in [1.54, 1.807) is 0 Å². The van der Waals surface area contributed by atoms with E-state index >= 15 is 0 Å². The summed E-state index contributed by atoms with van der Waals surface area (Å²) >= 11 is 4.15. The fraction of sp³-hybridized carbons (Fsp3) is 0.583. The van der Waals surface area contributed by atoms with Crippen molar-refractivity contribution in [3.8, 4) is 0 Å². The average molecular weight is 254 g/mol. The van der Waals surface area contributed by atoms with Gasteiger partial charge >= 0.3 is 0 Å². The molecule has 2 heterocycles. The van der Waals surface area contributed by atoms with Gasteiger partial charge in [-0.1, -0.05) is 6.07 Å². The summed E-state index contributed by atoms with van der Waals surface area (Å²) in [6.45, 7) is 2.10. The molecule has 2 rings (SSSR count). The maximum absolute atomic E-state index is 4.29. The van der Waals surface area contributed by atoms with Gasteiger partial charge in [-0.3, -0.25) is 4.98 Å². The Kier molecular flexibility index (Phi) is 4.55. The number of nitrogens with one attached hydrogen (secondary N) is 1. The van der Waals surface area contributed by atoms with E-state index in [1.165, 1.54) is 28.4 Å². The van der Waals surface area contributed by atoms with E-state index in [0.29, 0.717) is 11.3 Å². The molecule has 0 bridgehead atoms. The van der Waals surface area contributed by atoms with Crippen LogP contribution in [0.2, 0.25) is 0 Å². The summed E-state index contributed by atoms with van der Waals surface area (Å²) in [5, 5.41) is 4.11. The summed E-state index contributed by atoms with van der Waals surface area (Å²) in [6.07, 6.45) is 3.91. The lowest BCUT2D eigenvalue weighted by Crippen LogP contribution is -2.31. The molecule has 16 heavy (non-hydrogen) atoms. The SMILES string of the molecule is CNC(c1cncc(C)c1)C1CSCCS1. The molecular weight excluding hydrogens is 236 g/mol. The van der Waals surface area contributed by atoms with Gasteiger partial charge in [0.2, 0.25) is 0 Å². The Hall–Kier alpha value is -0.190. The molecule has 0 aromatic carbocycles. The molecule has 2 unspecified atom stereocenters. The van der Waals surface area contributed by atoms with Gasteiger partial charge in [0.1, 0.15) is 0 Å². The van der Waals surface area contributed by atoms with E-state index in [9.17, 15) is 0 Å². The largest absolute Gasteiger partial charge is 0.312 e. The highest BCUT2D eigenvalue weighted by atomic mass is 32.2. The Morgan fingerprint density at radius 1 is 1.44 bits per heavy atom. The Balaban J connectivity index is 2.14. The highest BCUT2D eigenvalue weighted by Gasteiger charge is 2.24. The van der Waals surface area contributed by atoms with Crippen LogP contribution in [0.1, 0.15) is 17.2 Å². The summed E-state index contributed by atoms with van der Waals surface area (Å²) in [5.41, 5.74) is 2.56. The topological polar surface area (TPSA) is 24.9 Å². The minimum Gasteiger partial charge on any atom is -0.312 e. The second-order valence-corrected chi connectivity index (χ2v) is 6.54. The Labute approximate surface area is 106 Å². The van der Waals surface area contributed by atoms with Crippen LogP contribution >= 0.6 is 23.5 Å². The van der Waals surface area contributed by atoms with Crippen LogP contribution in [0, 0.1) is 6.92 Å². The first-order chi connectivity index (χ1) is 7.81. The number of aromatic nitrogens is 1. The molecule has 2 atom stereocenters. The summed E-state index contributed by atoms with van der Waals surface area (Å²) in [4.78, 5) is 4.29. The zero-order valence-corrected chi connectivity index (χ0v) is 11.4. The zero-order valence-electron chi connectivity index (χ0n) is 9.77. The van der Waals surface area contributed by atoms with Crippen molar-refractivity contribution in [2.75, 3.05) is 24.3 Å². The molecule has 0 amide bonds. The smallest absolute Gasteiger partial charge is 0.0461 e. The van der Waals surface area contributed by atoms with E-state index < -0.39 is 0 Å². The van der Waals surface area contributed by atoms with E-state index in [1.807, 2.05) is 19.4 Å². The standard InChI is InChI=1S/C12H18N2S2/c1-9-5-10(7-14-6-9)12(13-2)11-8-15-3-4-16-11/h5-7,11-13H,3-4,8H2,1-2H3. The van der Waals surface area contributed by atoms with Gasteiger partial charge in [0.25, 0.3) is 0 Å². The Morgan fingerprint density at radius 2 is 2.31 bits per heavy atom. The lowest BCUT2D eigenvalue weighted by atomic mass is 10.1. The van der Waals surface area contributed by atoms with Crippen LogP contribution in [-0.2, 0) is 0 Å². The second kappa shape index (κ2) is 5.94. The van der Waals surface area contributed by atoms with Crippen molar-refractivity contribution in [3.63, 3.8) is 0 Å². The molecule has 0 spiro atoms. The van der Waals surface area contributed by atoms with Crippen molar-refractivity contribution >= 4 is 23.5 Å². The minimum atomic E-state index is 0.435. The number of nitrogens with zero attached hydrogens (tertiary/aromatic N) is 1. The van der Waals surface area contributed by atoms with Crippen LogP contribution in [0.15, 0.2) is 18.5 Å². The molecule has 0 radical (unpaired) electrons. The molecule has 1 fully saturated rings. The van der Waals surface area contributed by atoms with E-state index in [4.69, 9.17) is 0 Å². The van der Waals surface area contributed by atoms with Crippen molar-refractivity contribution in [1.82, 2.24) is 10.3 Å². The van der Waals surface area contributed by atoms with Gasteiger partial charge in [-0.2, -0.15) is 23.5 Å². The van der Waals surface area contributed by atoms with Crippen molar-refractivity contribution in [2.24, 2.45) is 0 Å². The fourth-order valence-corrected chi connectivity index (χ4v) is 4.92. The number of pyridine rings is 1. The molecule has 1 N–H and O–H groups in total. The monoisotopic (exact) mass is 254 g/mol. The van der Waals surface area contributed by atoms with Gasteiger partial charge in [0, 0.05) is 40.9 Å². The van der Waals surface area contributed by atoms with E-state index in [-0.39, 0.29) is 0 Å². The molecule has 88 valence electrons. The van der Waals surface area contributed by atoms with Crippen LogP contribution in [0.5, 0.6) is 0 Å². The molecule has 1 aromatic rings. The Morgan fingerprint density at radius 3 is 2.94 bits per heavy atom. The van der Waals surface area contributed by atoms with Gasteiger partial charge < -0.3 is 5.32 Å². The van der Waals surface area contributed by atoms with Crippen molar-refractivity contribution in [1.29, 1.82) is 0 Å². The summed E-state index contributed by atoms with van der Waals surface area (Å²) in [7, 11) is 2.05. The lowest BCUT2D eigenvalue weighted by molar-refractivity contribution is 0.590. The maximum atomic E-state index is 4.29. The third kappa shape index (κ3) is 2.93. The molecule has 1 aliphatic heterocycles. The molecule has 1 aromatic heterocycles. The van der Waals surface area contributed by atoms with E-state index in [2.05, 4.69) is 46.8 Å². The highest BCUT2D eigenvalue weighted by Crippen LogP contribution is 2.33. The maximum Gasteiger partial charge on any atom is 0.0461 e. The Bertz CT molecular complexity index is 338. The van der Waals surface area contributed by atoms with Crippen molar-refractivity contribution in [3.05, 3.63) is 29.6 Å². The first kappa shape index (κ1) is 12.3. The second-order valence-electron chi connectivity index (χ2n) is 4.05. The minimum absolute atomic E-state index is 0.435. The zero-order chi connectivity index (χ0) is 11.4. The van der Waals surface area contributed by atoms with Crippen LogP contribution in [0.4, 0.5) is 0 Å². The molecule has 0 aliphatic carbocycles. The third-order valence-corrected chi connectivity index (χ3v) is 5.64. The highest BCUT2D eigenvalue weighted by molar-refractivity contribution is 8.06. The molecule has 0 saturated carbocycles. The molecule has 2 nitrogen and oxygen atoms in total. The van der Waals surface area contributed by atoms with Gasteiger partial charge in [0.15, 0.2) is 0 Å². The average Bonchev–Trinajstić information content (AvgIpc) is 2.31. The van der Waals surface area contributed by atoms with Crippen LogP contribution in [0.25, 0.3) is 0 Å². The first-order valence-electron chi connectivity index (χ1n) is 5.59. The van der Waals surface area contributed by atoms with E-state index in [0.717, 1.165) is 0 Å². The number of rotatable bonds is 3. The third-order valence-electron chi connectivity index (χ3n) is 2.78. The molecule has 1 saturated heterocycles. The fourth-order valence-electron chi connectivity index (χ4n) is 2.01. The first-order valence-corrected chi connectivity index (χ1v) is 7.80. The lowest BCUT2D eigenvalue weighted by Gasteiger charge is -2.29. The number of aryl methyl sites for hydroxylation is 1. The van der Waals surface area contributed by atoms with Gasteiger partial charge in [-0.15, -0.1) is 0 Å². The quantitative estimate of drug-likeness (QED) is 0.896. The summed E-state index contributed by atoms with van der Waals surface area (Å²) < 4.78 is 0.